The molecule has 25 heavy (non-hydrogen) atoms. The molecule has 134 valence electrons. The number of anilines is 1. The molecule has 0 aromatic carbocycles. The van der Waals surface area contributed by atoms with Gasteiger partial charge in [-0.15, -0.1) is 11.3 Å². The van der Waals surface area contributed by atoms with E-state index in [2.05, 4.69) is 5.32 Å². The average Bonchev–Trinajstić information content (AvgIpc) is 3.25. The van der Waals surface area contributed by atoms with Gasteiger partial charge in [0.05, 0.1) is 11.8 Å². The lowest BCUT2D eigenvalue weighted by molar-refractivity contribution is -0.121. The summed E-state index contributed by atoms with van der Waals surface area (Å²) in [6.45, 7) is 0.955. The van der Waals surface area contributed by atoms with Gasteiger partial charge in [-0.1, -0.05) is 0 Å². The number of carbonyl (C=O) groups is 2. The van der Waals surface area contributed by atoms with Crippen LogP contribution in [0.25, 0.3) is 0 Å². The van der Waals surface area contributed by atoms with Crippen LogP contribution in [-0.2, 0) is 14.6 Å². The summed E-state index contributed by atoms with van der Waals surface area (Å²) in [4.78, 5) is 26.5. The van der Waals surface area contributed by atoms with Gasteiger partial charge in [0.25, 0.3) is 5.91 Å². The maximum atomic E-state index is 12.4. The normalized spacial score (nSPS) is 16.0. The zero-order chi connectivity index (χ0) is 18.0. The van der Waals surface area contributed by atoms with Crippen molar-refractivity contribution in [2.45, 2.75) is 17.7 Å². The number of hydrogen-bond donors (Lipinski definition) is 1. The second-order valence-electron chi connectivity index (χ2n) is 5.95. The molecule has 2 aromatic heterocycles. The first-order valence-electron chi connectivity index (χ1n) is 7.76. The predicted octanol–water partition coefficient (Wildman–Crippen LogP) is 2.24. The van der Waals surface area contributed by atoms with E-state index in [9.17, 15) is 18.0 Å². The van der Waals surface area contributed by atoms with E-state index in [1.807, 2.05) is 0 Å². The molecule has 0 atom stereocenters. The quantitative estimate of drug-likeness (QED) is 0.875. The summed E-state index contributed by atoms with van der Waals surface area (Å²) in [6, 6.07) is 3.10. The molecular formula is C16H18N2O5S2. The Balaban J connectivity index is 1.59. The summed E-state index contributed by atoms with van der Waals surface area (Å²) in [5, 5.41) is 4.71. The number of piperidine rings is 1. The van der Waals surface area contributed by atoms with Crippen molar-refractivity contribution in [2.24, 2.45) is 5.92 Å². The van der Waals surface area contributed by atoms with Crippen molar-refractivity contribution in [3.8, 4) is 0 Å². The molecule has 1 aliphatic heterocycles. The number of nitrogens with zero attached hydrogens (tertiary/aromatic N) is 1. The number of furan rings is 1. The van der Waals surface area contributed by atoms with Crippen molar-refractivity contribution < 1.29 is 22.4 Å². The van der Waals surface area contributed by atoms with Gasteiger partial charge in [-0.2, -0.15) is 0 Å². The lowest BCUT2D eigenvalue weighted by Gasteiger charge is -2.31. The summed E-state index contributed by atoms with van der Waals surface area (Å²) in [5.41, 5.74) is 0.499. The van der Waals surface area contributed by atoms with Crippen LogP contribution >= 0.6 is 11.3 Å². The summed E-state index contributed by atoms with van der Waals surface area (Å²) >= 11 is 1.19. The molecule has 0 spiro atoms. The fourth-order valence-electron chi connectivity index (χ4n) is 2.81. The first-order valence-corrected chi connectivity index (χ1v) is 10.5. The summed E-state index contributed by atoms with van der Waals surface area (Å²) < 4.78 is 28.3. The van der Waals surface area contributed by atoms with Crippen LogP contribution in [-0.4, -0.2) is 44.5 Å². The molecule has 1 aliphatic rings. The molecule has 3 rings (SSSR count). The smallest absolute Gasteiger partial charge is 0.257 e. The average molecular weight is 382 g/mol. The van der Waals surface area contributed by atoms with E-state index in [1.54, 1.807) is 16.3 Å². The molecular weight excluding hydrogens is 364 g/mol. The largest absolute Gasteiger partial charge is 0.472 e. The number of amides is 2. The minimum absolute atomic E-state index is 0.106. The van der Waals surface area contributed by atoms with Crippen LogP contribution in [0.3, 0.4) is 0 Å². The lowest BCUT2D eigenvalue weighted by Crippen LogP contribution is -2.41. The molecule has 3 heterocycles. The van der Waals surface area contributed by atoms with Gasteiger partial charge in [0.2, 0.25) is 5.91 Å². The van der Waals surface area contributed by atoms with Gasteiger partial charge in [0.1, 0.15) is 16.2 Å². The third kappa shape index (κ3) is 3.93. The van der Waals surface area contributed by atoms with Gasteiger partial charge in [0, 0.05) is 25.3 Å². The van der Waals surface area contributed by atoms with Crippen LogP contribution in [0.15, 0.2) is 39.4 Å². The lowest BCUT2D eigenvalue weighted by atomic mass is 9.95. The van der Waals surface area contributed by atoms with Crippen molar-refractivity contribution in [1.82, 2.24) is 4.90 Å². The Kier molecular flexibility index (Phi) is 4.96. The minimum Gasteiger partial charge on any atom is -0.472 e. The van der Waals surface area contributed by atoms with Gasteiger partial charge < -0.3 is 14.6 Å². The maximum absolute atomic E-state index is 12.4. The van der Waals surface area contributed by atoms with Crippen molar-refractivity contribution in [2.75, 3.05) is 24.7 Å². The van der Waals surface area contributed by atoms with Crippen molar-refractivity contribution in [1.29, 1.82) is 0 Å². The Morgan fingerprint density at radius 3 is 2.60 bits per heavy atom. The Hall–Kier alpha value is -2.13. The third-order valence-electron chi connectivity index (χ3n) is 4.19. The first-order chi connectivity index (χ1) is 11.9. The molecule has 2 amide bonds. The number of carbonyl (C=O) groups excluding carboxylic acids is 2. The molecule has 1 N–H and O–H groups in total. The van der Waals surface area contributed by atoms with E-state index in [4.69, 9.17) is 4.42 Å². The number of hydrogen-bond acceptors (Lipinski definition) is 6. The molecule has 7 nitrogen and oxygen atoms in total. The molecule has 0 radical (unpaired) electrons. The second-order valence-corrected chi connectivity index (χ2v) is 8.85. The molecule has 0 aliphatic carbocycles. The van der Waals surface area contributed by atoms with Crippen LogP contribution < -0.4 is 5.32 Å². The summed E-state index contributed by atoms with van der Waals surface area (Å²) in [6.07, 6.45) is 5.05. The Labute approximate surface area is 149 Å². The highest BCUT2D eigenvalue weighted by Crippen LogP contribution is 2.29. The molecule has 2 aromatic rings. The number of thiophene rings is 1. The van der Waals surface area contributed by atoms with E-state index in [0.29, 0.717) is 36.5 Å². The SMILES string of the molecule is CS(=O)(=O)c1ccsc1NC(=O)C1CCN(C(=O)c2ccoc2)CC1. The molecule has 0 saturated carbocycles. The zero-order valence-corrected chi connectivity index (χ0v) is 15.2. The highest BCUT2D eigenvalue weighted by atomic mass is 32.2. The van der Waals surface area contributed by atoms with Gasteiger partial charge >= 0.3 is 0 Å². The van der Waals surface area contributed by atoms with Gasteiger partial charge in [-0.05, 0) is 30.4 Å². The molecule has 1 fully saturated rings. The van der Waals surface area contributed by atoms with Crippen molar-refractivity contribution in [3.05, 3.63) is 35.6 Å². The standard InChI is InChI=1S/C16H18N2O5S2/c1-25(21,22)13-5-9-24-15(13)17-14(19)11-2-6-18(7-3-11)16(20)12-4-8-23-10-12/h4-5,8-11H,2-3,6-7H2,1H3,(H,17,19). The number of rotatable bonds is 4. The Morgan fingerprint density at radius 1 is 1.28 bits per heavy atom. The monoisotopic (exact) mass is 382 g/mol. The van der Waals surface area contributed by atoms with Crippen LogP contribution in [0.1, 0.15) is 23.2 Å². The third-order valence-corrected chi connectivity index (χ3v) is 6.28. The minimum atomic E-state index is -3.38. The van der Waals surface area contributed by atoms with Crippen LogP contribution in [0, 0.1) is 5.92 Å². The molecule has 0 unspecified atom stereocenters. The first kappa shape index (κ1) is 17.7. The van der Waals surface area contributed by atoms with Crippen LogP contribution in [0.5, 0.6) is 0 Å². The van der Waals surface area contributed by atoms with Crippen molar-refractivity contribution in [3.63, 3.8) is 0 Å². The molecule has 9 heteroatoms. The zero-order valence-electron chi connectivity index (χ0n) is 13.6. The topological polar surface area (TPSA) is 96.7 Å². The highest BCUT2D eigenvalue weighted by molar-refractivity contribution is 7.91. The van der Waals surface area contributed by atoms with E-state index < -0.39 is 9.84 Å². The summed E-state index contributed by atoms with van der Waals surface area (Å²) in [5.74, 6) is -0.559. The Bertz CT molecular complexity index is 862. The van der Waals surface area contributed by atoms with E-state index in [-0.39, 0.29) is 22.6 Å². The van der Waals surface area contributed by atoms with Crippen LogP contribution in [0.4, 0.5) is 5.00 Å². The summed E-state index contributed by atoms with van der Waals surface area (Å²) in [7, 11) is -3.38. The van der Waals surface area contributed by atoms with Gasteiger partial charge in [0.15, 0.2) is 9.84 Å². The number of likely N-dealkylation sites (tertiary alicyclic amines) is 1. The number of sulfone groups is 1. The fraction of sp³-hybridized carbons (Fsp3) is 0.375. The van der Waals surface area contributed by atoms with Crippen molar-refractivity contribution >= 4 is 38.0 Å². The number of nitrogens with one attached hydrogen (secondary N) is 1. The van der Waals surface area contributed by atoms with Gasteiger partial charge in [-0.25, -0.2) is 8.42 Å². The van der Waals surface area contributed by atoms with E-state index >= 15 is 0 Å². The van der Waals surface area contributed by atoms with Crippen LogP contribution in [0.2, 0.25) is 0 Å². The highest BCUT2D eigenvalue weighted by Gasteiger charge is 2.29. The fourth-order valence-corrected chi connectivity index (χ4v) is 4.88. The maximum Gasteiger partial charge on any atom is 0.257 e. The van der Waals surface area contributed by atoms with E-state index in [1.165, 1.54) is 29.9 Å². The molecule has 0 bridgehead atoms. The Morgan fingerprint density at radius 2 is 2.00 bits per heavy atom. The predicted molar refractivity (Wildman–Crippen MR) is 93.4 cm³/mol. The second kappa shape index (κ2) is 7.01. The van der Waals surface area contributed by atoms with E-state index in [0.717, 1.165) is 6.26 Å². The van der Waals surface area contributed by atoms with Gasteiger partial charge in [-0.3, -0.25) is 9.59 Å². The molecule has 1 saturated heterocycles.